The van der Waals surface area contributed by atoms with Crippen molar-refractivity contribution in [3.8, 4) is 17.2 Å². The molecule has 0 fully saturated rings. The third-order valence-electron chi connectivity index (χ3n) is 4.00. The summed E-state index contributed by atoms with van der Waals surface area (Å²) in [5, 5.41) is 7.74. The molecule has 0 aliphatic heterocycles. The summed E-state index contributed by atoms with van der Waals surface area (Å²) in [4.78, 5) is 12.3. The van der Waals surface area contributed by atoms with Gasteiger partial charge in [-0.3, -0.25) is 0 Å². The Morgan fingerprint density at radius 1 is 0.958 bits per heavy atom. The Bertz CT molecular complexity index is 872. The van der Waals surface area contributed by atoms with E-state index in [1.165, 1.54) is 5.56 Å². The Hall–Kier alpha value is -2.95. The number of hydrogen-bond donors (Lipinski definition) is 0. The van der Waals surface area contributed by atoms with Crippen LogP contribution in [0.4, 0.5) is 0 Å². The van der Waals surface area contributed by atoms with Gasteiger partial charge in [-0.25, -0.2) is 4.79 Å². The van der Waals surface area contributed by atoms with Gasteiger partial charge < -0.3 is 9.15 Å². The third kappa shape index (κ3) is 3.20. The van der Waals surface area contributed by atoms with Gasteiger partial charge in [0.25, 0.3) is 0 Å². The molecule has 0 radical (unpaired) electrons. The zero-order valence-corrected chi connectivity index (χ0v) is 14.1. The lowest BCUT2D eigenvalue weighted by Crippen LogP contribution is -2.08. The number of hydrogen-bond acceptors (Lipinski definition) is 5. The molecule has 0 unspecified atom stereocenters. The summed E-state index contributed by atoms with van der Waals surface area (Å²) in [5.74, 6) is 1.08. The molecular formula is C19H18N2O3. The monoisotopic (exact) mass is 322 g/mol. The number of rotatable bonds is 3. The smallest absolute Gasteiger partial charge is 0.343 e. The van der Waals surface area contributed by atoms with Gasteiger partial charge >= 0.3 is 5.97 Å². The molecule has 2 aromatic carbocycles. The maximum Gasteiger partial charge on any atom is 0.343 e. The van der Waals surface area contributed by atoms with Crippen molar-refractivity contribution < 1.29 is 13.9 Å². The third-order valence-corrected chi connectivity index (χ3v) is 4.00. The van der Waals surface area contributed by atoms with Crippen molar-refractivity contribution in [3.63, 3.8) is 0 Å². The van der Waals surface area contributed by atoms with Crippen molar-refractivity contribution in [2.75, 3.05) is 0 Å². The minimum absolute atomic E-state index is 0.397. The van der Waals surface area contributed by atoms with Crippen LogP contribution in [0.3, 0.4) is 0 Å². The van der Waals surface area contributed by atoms with E-state index in [9.17, 15) is 4.79 Å². The highest BCUT2D eigenvalue weighted by atomic mass is 16.5. The van der Waals surface area contributed by atoms with E-state index in [-0.39, 0.29) is 0 Å². The van der Waals surface area contributed by atoms with Crippen LogP contribution in [0, 0.1) is 27.7 Å². The molecule has 0 saturated heterocycles. The molecule has 3 rings (SSSR count). The molecule has 0 N–H and O–H groups in total. The van der Waals surface area contributed by atoms with Gasteiger partial charge in [0.15, 0.2) is 0 Å². The van der Waals surface area contributed by atoms with Gasteiger partial charge in [0.05, 0.1) is 5.56 Å². The van der Waals surface area contributed by atoms with E-state index in [2.05, 4.69) is 10.2 Å². The van der Waals surface area contributed by atoms with Crippen molar-refractivity contribution in [3.05, 3.63) is 64.5 Å². The van der Waals surface area contributed by atoms with Crippen LogP contribution in [0.2, 0.25) is 0 Å². The van der Waals surface area contributed by atoms with Gasteiger partial charge in [-0.05, 0) is 73.9 Å². The van der Waals surface area contributed by atoms with Crippen molar-refractivity contribution in [2.45, 2.75) is 27.7 Å². The first-order valence-electron chi connectivity index (χ1n) is 7.64. The Morgan fingerprint density at radius 3 is 2.12 bits per heavy atom. The van der Waals surface area contributed by atoms with Crippen LogP contribution in [0.25, 0.3) is 11.5 Å². The molecular weight excluding hydrogens is 304 g/mol. The van der Waals surface area contributed by atoms with Crippen molar-refractivity contribution in [1.29, 1.82) is 0 Å². The minimum atomic E-state index is -0.397. The Labute approximate surface area is 140 Å². The number of esters is 1. The lowest BCUT2D eigenvalue weighted by Gasteiger charge is -2.09. The van der Waals surface area contributed by atoms with Crippen LogP contribution in [-0.4, -0.2) is 16.2 Å². The maximum atomic E-state index is 12.3. The molecule has 24 heavy (non-hydrogen) atoms. The van der Waals surface area contributed by atoms with Gasteiger partial charge in [-0.1, -0.05) is 0 Å². The van der Waals surface area contributed by atoms with E-state index in [1.807, 2.05) is 32.9 Å². The highest BCUT2D eigenvalue weighted by molar-refractivity contribution is 5.91. The van der Waals surface area contributed by atoms with E-state index in [0.29, 0.717) is 23.1 Å². The van der Waals surface area contributed by atoms with Crippen LogP contribution in [0.15, 0.2) is 40.8 Å². The zero-order valence-electron chi connectivity index (χ0n) is 14.1. The molecule has 1 aromatic heterocycles. The number of benzene rings is 2. The molecule has 0 aliphatic rings. The topological polar surface area (TPSA) is 65.2 Å². The molecule has 1 heterocycles. The van der Waals surface area contributed by atoms with Crippen molar-refractivity contribution >= 4 is 5.97 Å². The van der Waals surface area contributed by atoms with Gasteiger partial charge in [0.1, 0.15) is 5.75 Å². The largest absolute Gasteiger partial charge is 0.423 e. The number of carbonyl (C=O) groups is 1. The highest BCUT2D eigenvalue weighted by Gasteiger charge is 2.12. The van der Waals surface area contributed by atoms with E-state index in [4.69, 9.17) is 9.15 Å². The first-order chi connectivity index (χ1) is 11.4. The molecule has 0 bridgehead atoms. The number of carbonyl (C=O) groups excluding carboxylic acids is 1. The van der Waals surface area contributed by atoms with Crippen molar-refractivity contribution in [2.24, 2.45) is 0 Å². The second-order valence-electron chi connectivity index (χ2n) is 5.78. The Morgan fingerprint density at radius 2 is 1.58 bits per heavy atom. The summed E-state index contributed by atoms with van der Waals surface area (Å²) in [7, 11) is 0. The molecule has 5 heteroatoms. The molecule has 0 spiro atoms. The first-order valence-corrected chi connectivity index (χ1v) is 7.64. The first kappa shape index (κ1) is 15.9. The fourth-order valence-corrected chi connectivity index (χ4v) is 2.38. The van der Waals surface area contributed by atoms with Crippen molar-refractivity contribution in [1.82, 2.24) is 10.2 Å². The Balaban J connectivity index is 1.78. The van der Waals surface area contributed by atoms with E-state index >= 15 is 0 Å². The summed E-state index contributed by atoms with van der Waals surface area (Å²) in [6, 6.07) is 10.6. The number of ether oxygens (including phenoxy) is 1. The van der Waals surface area contributed by atoms with Crippen LogP contribution in [0.1, 0.15) is 32.9 Å². The van der Waals surface area contributed by atoms with Gasteiger partial charge in [-0.15, -0.1) is 10.2 Å². The predicted octanol–water partition coefficient (Wildman–Crippen LogP) is 4.19. The molecule has 0 aliphatic carbocycles. The fourth-order valence-electron chi connectivity index (χ4n) is 2.38. The van der Waals surface area contributed by atoms with Crippen LogP contribution in [-0.2, 0) is 0 Å². The van der Waals surface area contributed by atoms with Crippen LogP contribution in [0.5, 0.6) is 5.75 Å². The lowest BCUT2D eigenvalue weighted by atomic mass is 10.0. The number of nitrogens with zero attached hydrogens (tertiary/aromatic N) is 2. The summed E-state index contributed by atoms with van der Waals surface area (Å²) in [6.07, 6.45) is 0. The molecule has 0 saturated carbocycles. The SMILES string of the molecule is Cc1nnc(-c2ccc(C(=O)Oc3cc(C)c(C)c(C)c3)cc2)o1. The minimum Gasteiger partial charge on any atom is -0.423 e. The molecule has 0 atom stereocenters. The molecule has 5 nitrogen and oxygen atoms in total. The van der Waals surface area contributed by atoms with Crippen LogP contribution < -0.4 is 4.74 Å². The van der Waals surface area contributed by atoms with Gasteiger partial charge in [0.2, 0.25) is 11.8 Å². The summed E-state index contributed by atoms with van der Waals surface area (Å²) in [5.41, 5.74) is 4.62. The van der Waals surface area contributed by atoms with Gasteiger partial charge in [-0.2, -0.15) is 0 Å². The van der Waals surface area contributed by atoms with Gasteiger partial charge in [0, 0.05) is 12.5 Å². The average Bonchev–Trinajstić information content (AvgIpc) is 2.99. The van der Waals surface area contributed by atoms with E-state index in [0.717, 1.165) is 16.7 Å². The standard InChI is InChI=1S/C19H18N2O3/c1-11-9-17(10-12(2)13(11)3)24-19(22)16-7-5-15(6-8-16)18-21-20-14(4)23-18/h5-10H,1-4H3. The predicted molar refractivity (Wildman–Crippen MR) is 90.1 cm³/mol. The maximum absolute atomic E-state index is 12.3. The lowest BCUT2D eigenvalue weighted by molar-refractivity contribution is 0.0734. The quantitative estimate of drug-likeness (QED) is 0.534. The van der Waals surface area contributed by atoms with E-state index in [1.54, 1.807) is 31.2 Å². The number of aromatic nitrogens is 2. The summed E-state index contributed by atoms with van der Waals surface area (Å²) < 4.78 is 10.8. The average molecular weight is 322 g/mol. The molecule has 0 amide bonds. The second kappa shape index (κ2) is 6.28. The molecule has 122 valence electrons. The fraction of sp³-hybridized carbons (Fsp3) is 0.211. The zero-order chi connectivity index (χ0) is 17.3. The normalized spacial score (nSPS) is 10.7. The summed E-state index contributed by atoms with van der Waals surface area (Å²) in [6.45, 7) is 7.78. The number of aryl methyl sites for hydroxylation is 3. The van der Waals surface area contributed by atoms with Crippen LogP contribution >= 0.6 is 0 Å². The summed E-state index contributed by atoms with van der Waals surface area (Å²) >= 11 is 0. The molecule has 3 aromatic rings. The second-order valence-corrected chi connectivity index (χ2v) is 5.78. The Kier molecular flexibility index (Phi) is 4.16. The highest BCUT2D eigenvalue weighted by Crippen LogP contribution is 2.23. The van der Waals surface area contributed by atoms with E-state index < -0.39 is 5.97 Å².